The quantitative estimate of drug-likeness (QED) is 0.724. The summed E-state index contributed by atoms with van der Waals surface area (Å²) in [7, 11) is 2.99. The third kappa shape index (κ3) is 2.14. The largest absolute Gasteiger partial charge is 0.480 e. The molecule has 0 aliphatic carbocycles. The van der Waals surface area contributed by atoms with Crippen LogP contribution in [0.3, 0.4) is 0 Å². The number of hydrogen-bond acceptors (Lipinski definition) is 4. The van der Waals surface area contributed by atoms with Gasteiger partial charge in [-0.25, -0.2) is 0 Å². The maximum absolute atomic E-state index is 5.91. The average molecular weight is 215 g/mol. The molecule has 1 rings (SSSR count). The summed E-state index contributed by atoms with van der Waals surface area (Å²) in [5.41, 5.74) is 0.650. The molecule has 0 fully saturated rings. The van der Waals surface area contributed by atoms with Crippen LogP contribution in [0.4, 0.5) is 0 Å². The number of nitrogens with zero attached hydrogens (tertiary/aromatic N) is 2. The fourth-order valence-corrected chi connectivity index (χ4v) is 1.17. The maximum atomic E-state index is 5.91. The van der Waals surface area contributed by atoms with Gasteiger partial charge >= 0.3 is 6.01 Å². The van der Waals surface area contributed by atoms with Crippen molar-refractivity contribution in [1.82, 2.24) is 9.97 Å². The van der Waals surface area contributed by atoms with E-state index in [1.165, 1.54) is 14.2 Å². The van der Waals surface area contributed by atoms with Gasteiger partial charge in [0, 0.05) is 0 Å². The SMILES string of the molecule is C/C=C/c1c(Cl)nc(OC)nc1OC. The number of halogens is 1. The van der Waals surface area contributed by atoms with Crippen LogP contribution in [0, 0.1) is 0 Å². The highest BCUT2D eigenvalue weighted by atomic mass is 35.5. The summed E-state index contributed by atoms with van der Waals surface area (Å²) < 4.78 is 9.91. The van der Waals surface area contributed by atoms with E-state index in [1.54, 1.807) is 6.08 Å². The minimum Gasteiger partial charge on any atom is -0.480 e. The van der Waals surface area contributed by atoms with E-state index in [9.17, 15) is 0 Å². The molecule has 0 bridgehead atoms. The smallest absolute Gasteiger partial charge is 0.320 e. The van der Waals surface area contributed by atoms with Crippen LogP contribution in [0.2, 0.25) is 5.15 Å². The zero-order valence-electron chi connectivity index (χ0n) is 8.24. The first kappa shape index (κ1) is 10.8. The molecule has 0 atom stereocenters. The van der Waals surface area contributed by atoms with E-state index in [0.29, 0.717) is 16.6 Å². The average Bonchev–Trinajstić information content (AvgIpc) is 2.20. The summed E-state index contributed by atoms with van der Waals surface area (Å²) in [5, 5.41) is 0.312. The highest BCUT2D eigenvalue weighted by Gasteiger charge is 2.11. The molecule has 0 radical (unpaired) electrons. The van der Waals surface area contributed by atoms with Gasteiger partial charge in [0.05, 0.1) is 19.8 Å². The van der Waals surface area contributed by atoms with Crippen LogP contribution >= 0.6 is 11.6 Å². The Bertz CT molecular complexity index is 353. The first-order chi connectivity index (χ1) is 6.72. The zero-order valence-corrected chi connectivity index (χ0v) is 9.00. The summed E-state index contributed by atoms with van der Waals surface area (Å²) in [6.07, 6.45) is 3.61. The molecule has 0 aliphatic heterocycles. The van der Waals surface area contributed by atoms with Crippen LogP contribution < -0.4 is 9.47 Å². The molecule has 0 saturated carbocycles. The molecule has 0 N–H and O–H groups in total. The van der Waals surface area contributed by atoms with E-state index in [2.05, 4.69) is 9.97 Å². The minimum absolute atomic E-state index is 0.195. The van der Waals surface area contributed by atoms with E-state index < -0.39 is 0 Å². The second-order valence-corrected chi connectivity index (χ2v) is 2.78. The van der Waals surface area contributed by atoms with Crippen LogP contribution in [-0.2, 0) is 0 Å². The molecular formula is C9H11ClN2O2. The summed E-state index contributed by atoms with van der Waals surface area (Å²) in [6, 6.07) is 0.195. The topological polar surface area (TPSA) is 44.2 Å². The second-order valence-electron chi connectivity index (χ2n) is 2.42. The molecule has 1 aromatic rings. The van der Waals surface area contributed by atoms with Crippen LogP contribution in [0.5, 0.6) is 11.9 Å². The Kier molecular flexibility index (Phi) is 3.71. The fourth-order valence-electron chi connectivity index (χ4n) is 0.958. The molecule has 0 aliphatic rings. The molecule has 0 spiro atoms. The Hall–Kier alpha value is -1.29. The molecular weight excluding hydrogens is 204 g/mol. The highest BCUT2D eigenvalue weighted by molar-refractivity contribution is 6.31. The van der Waals surface area contributed by atoms with E-state index in [-0.39, 0.29) is 6.01 Å². The Labute approximate surface area is 87.5 Å². The first-order valence-electron chi connectivity index (χ1n) is 4.01. The molecule has 0 saturated heterocycles. The third-order valence-corrected chi connectivity index (χ3v) is 1.84. The number of hydrogen-bond donors (Lipinski definition) is 0. The number of rotatable bonds is 3. The lowest BCUT2D eigenvalue weighted by atomic mass is 10.3. The van der Waals surface area contributed by atoms with Gasteiger partial charge in [-0.2, -0.15) is 9.97 Å². The molecule has 4 nitrogen and oxygen atoms in total. The van der Waals surface area contributed by atoms with Gasteiger partial charge in [-0.05, 0) is 6.92 Å². The van der Waals surface area contributed by atoms with Gasteiger partial charge in [0.1, 0.15) is 5.15 Å². The molecule has 0 amide bonds. The van der Waals surface area contributed by atoms with Crippen molar-refractivity contribution in [1.29, 1.82) is 0 Å². The van der Waals surface area contributed by atoms with Crippen molar-refractivity contribution in [2.75, 3.05) is 14.2 Å². The molecule has 1 heterocycles. The van der Waals surface area contributed by atoms with E-state index in [1.807, 2.05) is 13.0 Å². The van der Waals surface area contributed by atoms with E-state index >= 15 is 0 Å². The van der Waals surface area contributed by atoms with Crippen LogP contribution in [-0.4, -0.2) is 24.2 Å². The highest BCUT2D eigenvalue weighted by Crippen LogP contribution is 2.26. The summed E-state index contributed by atoms with van der Waals surface area (Å²) in [6.45, 7) is 1.88. The Balaban J connectivity index is 3.27. The second kappa shape index (κ2) is 4.81. The number of allylic oxidation sites excluding steroid dienone is 1. The molecule has 5 heteroatoms. The van der Waals surface area contributed by atoms with Gasteiger partial charge in [0.15, 0.2) is 0 Å². The van der Waals surface area contributed by atoms with Crippen molar-refractivity contribution < 1.29 is 9.47 Å². The van der Waals surface area contributed by atoms with Gasteiger partial charge in [0.2, 0.25) is 5.88 Å². The van der Waals surface area contributed by atoms with Gasteiger partial charge < -0.3 is 9.47 Å². The van der Waals surface area contributed by atoms with Crippen molar-refractivity contribution in [2.45, 2.75) is 6.92 Å². The zero-order chi connectivity index (χ0) is 10.6. The predicted molar refractivity (Wildman–Crippen MR) is 54.9 cm³/mol. The van der Waals surface area contributed by atoms with Gasteiger partial charge in [0.25, 0.3) is 0 Å². The lowest BCUT2D eigenvalue weighted by molar-refractivity contribution is 0.351. The molecule has 0 unspecified atom stereocenters. The van der Waals surface area contributed by atoms with E-state index in [0.717, 1.165) is 0 Å². The predicted octanol–water partition coefficient (Wildman–Crippen LogP) is 2.18. The Morgan fingerprint density at radius 1 is 1.21 bits per heavy atom. The van der Waals surface area contributed by atoms with Crippen molar-refractivity contribution >= 4 is 17.7 Å². The van der Waals surface area contributed by atoms with Crippen molar-refractivity contribution in [3.05, 3.63) is 16.8 Å². The summed E-state index contributed by atoms with van der Waals surface area (Å²) in [5.74, 6) is 0.403. The minimum atomic E-state index is 0.195. The summed E-state index contributed by atoms with van der Waals surface area (Å²) >= 11 is 5.91. The Morgan fingerprint density at radius 3 is 2.43 bits per heavy atom. The van der Waals surface area contributed by atoms with Gasteiger partial charge in [-0.15, -0.1) is 0 Å². The molecule has 0 aromatic carbocycles. The fraction of sp³-hybridized carbons (Fsp3) is 0.333. The van der Waals surface area contributed by atoms with E-state index in [4.69, 9.17) is 21.1 Å². The lowest BCUT2D eigenvalue weighted by Crippen LogP contribution is -1.98. The van der Waals surface area contributed by atoms with Crippen molar-refractivity contribution in [3.8, 4) is 11.9 Å². The standard InChI is InChI=1S/C9H11ClN2O2/c1-4-5-6-7(10)11-9(14-3)12-8(6)13-2/h4-5H,1-3H3/b5-4+. The van der Waals surface area contributed by atoms with Gasteiger partial charge in [-0.1, -0.05) is 23.8 Å². The van der Waals surface area contributed by atoms with Crippen molar-refractivity contribution in [3.63, 3.8) is 0 Å². The normalized spacial score (nSPS) is 10.6. The first-order valence-corrected chi connectivity index (χ1v) is 4.39. The monoisotopic (exact) mass is 214 g/mol. The maximum Gasteiger partial charge on any atom is 0.320 e. The number of aromatic nitrogens is 2. The molecule has 14 heavy (non-hydrogen) atoms. The van der Waals surface area contributed by atoms with Crippen LogP contribution in [0.25, 0.3) is 6.08 Å². The third-order valence-electron chi connectivity index (χ3n) is 1.55. The molecule has 1 aromatic heterocycles. The summed E-state index contributed by atoms with van der Waals surface area (Å²) in [4.78, 5) is 7.92. The lowest BCUT2D eigenvalue weighted by Gasteiger charge is -2.06. The number of methoxy groups -OCH3 is 2. The molecule has 76 valence electrons. The Morgan fingerprint density at radius 2 is 1.93 bits per heavy atom. The van der Waals surface area contributed by atoms with Crippen LogP contribution in [0.15, 0.2) is 6.08 Å². The van der Waals surface area contributed by atoms with Crippen LogP contribution in [0.1, 0.15) is 12.5 Å². The number of ether oxygens (including phenoxy) is 2. The van der Waals surface area contributed by atoms with Crippen molar-refractivity contribution in [2.24, 2.45) is 0 Å². The van der Waals surface area contributed by atoms with Gasteiger partial charge in [-0.3, -0.25) is 0 Å².